The lowest BCUT2D eigenvalue weighted by Crippen LogP contribution is -2.41. The molecule has 0 saturated carbocycles. The second kappa shape index (κ2) is 11.1. The van der Waals surface area contributed by atoms with E-state index in [2.05, 4.69) is 32.1 Å². The molecule has 1 heterocycles. The predicted molar refractivity (Wildman–Crippen MR) is 140 cm³/mol. The van der Waals surface area contributed by atoms with Crippen LogP contribution in [-0.2, 0) is 0 Å². The number of aromatic hydroxyl groups is 1. The predicted octanol–water partition coefficient (Wildman–Crippen LogP) is 5.71. The zero-order valence-electron chi connectivity index (χ0n) is 19.7. The van der Waals surface area contributed by atoms with Crippen LogP contribution in [0, 0.1) is 15.9 Å². The van der Waals surface area contributed by atoms with E-state index in [0.717, 1.165) is 17.8 Å². The van der Waals surface area contributed by atoms with Crippen molar-refractivity contribution in [2.75, 3.05) is 5.32 Å². The van der Waals surface area contributed by atoms with Crippen molar-refractivity contribution in [3.8, 4) is 16.9 Å². The largest absolute Gasteiger partial charge is 0.502 e. The molecule has 0 aliphatic rings. The number of halogens is 2. The number of hydrazine groups is 1. The molecular formula is C26H20BrFN4O6. The van der Waals surface area contributed by atoms with Crippen molar-refractivity contribution in [2.24, 2.45) is 0 Å². The molecule has 4 N–H and O–H groups in total. The number of carbonyl (C=O) groups excluding carboxylic acids is 2. The highest BCUT2D eigenvalue weighted by Gasteiger charge is 2.20. The summed E-state index contributed by atoms with van der Waals surface area (Å²) in [4.78, 5) is 35.1. The van der Waals surface area contributed by atoms with Crippen molar-refractivity contribution < 1.29 is 28.4 Å². The number of nitrogens with one attached hydrogen (secondary N) is 3. The summed E-state index contributed by atoms with van der Waals surface area (Å²) in [6, 6.07) is 16.3. The fourth-order valence-electron chi connectivity index (χ4n) is 3.69. The number of benzene rings is 3. The van der Waals surface area contributed by atoms with Crippen molar-refractivity contribution in [1.82, 2.24) is 10.9 Å². The van der Waals surface area contributed by atoms with Gasteiger partial charge in [-0.05, 0) is 55.0 Å². The number of anilines is 1. The van der Waals surface area contributed by atoms with Crippen molar-refractivity contribution in [2.45, 2.75) is 13.0 Å². The Hall–Kier alpha value is -4.71. The van der Waals surface area contributed by atoms with Crippen molar-refractivity contribution >= 4 is 39.1 Å². The summed E-state index contributed by atoms with van der Waals surface area (Å²) >= 11 is 3.24. The summed E-state index contributed by atoms with van der Waals surface area (Å²) < 4.78 is 20.2. The van der Waals surface area contributed by atoms with Crippen LogP contribution in [-0.4, -0.2) is 21.8 Å². The van der Waals surface area contributed by atoms with Gasteiger partial charge in [0.25, 0.3) is 5.91 Å². The molecule has 0 spiro atoms. The molecule has 2 amide bonds. The number of rotatable bonds is 7. The Kier molecular flexibility index (Phi) is 7.72. The highest BCUT2D eigenvalue weighted by Crippen LogP contribution is 2.29. The second-order valence-electron chi connectivity index (χ2n) is 8.14. The molecule has 4 rings (SSSR count). The van der Waals surface area contributed by atoms with E-state index in [-0.39, 0.29) is 23.2 Å². The highest BCUT2D eigenvalue weighted by atomic mass is 79.9. The number of furan rings is 1. The van der Waals surface area contributed by atoms with Crippen LogP contribution >= 0.6 is 15.9 Å². The van der Waals surface area contributed by atoms with E-state index in [1.54, 1.807) is 42.5 Å². The Morgan fingerprint density at radius 3 is 2.42 bits per heavy atom. The summed E-state index contributed by atoms with van der Waals surface area (Å²) in [6.07, 6.45) is 1.32. The molecule has 12 heteroatoms. The molecule has 0 aliphatic carbocycles. The standard InChI is InChI=1S/C26H20BrFN4O6/c1-14(19-8-5-17(27)13-21(19)28)29-18-6-2-15(3-7-18)20-10-11-38-24(20)26(35)31-30-25(34)16-4-9-23(33)22(12-16)32(36)37/h2-14,29,33H,1H3,(H,30,34)(H,31,35). The molecule has 0 saturated heterocycles. The van der Waals surface area contributed by atoms with Crippen LogP contribution in [0.4, 0.5) is 15.8 Å². The summed E-state index contributed by atoms with van der Waals surface area (Å²) in [5, 5.41) is 23.7. The van der Waals surface area contributed by atoms with Gasteiger partial charge in [-0.1, -0.05) is 34.1 Å². The lowest BCUT2D eigenvalue weighted by Gasteiger charge is -2.17. The normalized spacial score (nSPS) is 11.4. The number of nitro benzene ring substituents is 1. The molecule has 0 bridgehead atoms. The Balaban J connectivity index is 1.42. The molecule has 1 aromatic heterocycles. The van der Waals surface area contributed by atoms with Crippen molar-refractivity contribution in [3.63, 3.8) is 0 Å². The third-order valence-electron chi connectivity index (χ3n) is 5.60. The molecule has 1 unspecified atom stereocenters. The van der Waals surface area contributed by atoms with Crippen LogP contribution < -0.4 is 16.2 Å². The van der Waals surface area contributed by atoms with Gasteiger partial charge in [-0.15, -0.1) is 0 Å². The molecule has 1 atom stereocenters. The van der Waals surface area contributed by atoms with Crippen LogP contribution in [0.2, 0.25) is 0 Å². The quantitative estimate of drug-likeness (QED) is 0.161. The van der Waals surface area contributed by atoms with Gasteiger partial charge >= 0.3 is 11.6 Å². The lowest BCUT2D eigenvalue weighted by atomic mass is 10.0. The van der Waals surface area contributed by atoms with Gasteiger partial charge in [0, 0.05) is 32.9 Å². The Labute approximate surface area is 223 Å². The van der Waals surface area contributed by atoms with Gasteiger partial charge in [-0.25, -0.2) is 4.39 Å². The Bertz CT molecular complexity index is 1520. The molecule has 194 valence electrons. The van der Waals surface area contributed by atoms with E-state index in [1.165, 1.54) is 18.4 Å². The average molecular weight is 583 g/mol. The maximum Gasteiger partial charge on any atom is 0.311 e. The van der Waals surface area contributed by atoms with Gasteiger partial charge in [0.15, 0.2) is 5.75 Å². The number of hydrogen-bond donors (Lipinski definition) is 4. The number of nitrogens with zero attached hydrogens (tertiary/aromatic N) is 1. The number of hydrogen-bond acceptors (Lipinski definition) is 7. The van der Waals surface area contributed by atoms with Crippen LogP contribution in [0.1, 0.15) is 39.4 Å². The van der Waals surface area contributed by atoms with Gasteiger partial charge in [0.1, 0.15) is 5.82 Å². The van der Waals surface area contributed by atoms with E-state index < -0.39 is 28.2 Å². The molecule has 0 fully saturated rings. The van der Waals surface area contributed by atoms with Gasteiger partial charge in [-0.3, -0.25) is 30.6 Å². The molecule has 4 aromatic rings. The van der Waals surface area contributed by atoms with Gasteiger partial charge in [-0.2, -0.15) is 0 Å². The monoisotopic (exact) mass is 582 g/mol. The summed E-state index contributed by atoms with van der Waals surface area (Å²) in [5.74, 6) is -2.59. The van der Waals surface area contributed by atoms with E-state index in [0.29, 0.717) is 21.2 Å². The number of amides is 2. The van der Waals surface area contributed by atoms with Crippen LogP contribution in [0.15, 0.2) is 81.9 Å². The number of carbonyl (C=O) groups is 2. The van der Waals surface area contributed by atoms with E-state index in [1.807, 2.05) is 6.92 Å². The minimum Gasteiger partial charge on any atom is -0.502 e. The Morgan fingerprint density at radius 1 is 1.03 bits per heavy atom. The van der Waals surface area contributed by atoms with E-state index in [9.17, 15) is 29.2 Å². The summed E-state index contributed by atoms with van der Waals surface area (Å²) in [7, 11) is 0. The first kappa shape index (κ1) is 26.4. The van der Waals surface area contributed by atoms with E-state index >= 15 is 0 Å². The maximum atomic E-state index is 14.3. The van der Waals surface area contributed by atoms with Crippen molar-refractivity contribution in [1.29, 1.82) is 0 Å². The molecule has 0 aliphatic heterocycles. The summed E-state index contributed by atoms with van der Waals surface area (Å²) in [5.41, 5.74) is 5.92. The van der Waals surface area contributed by atoms with E-state index in [4.69, 9.17) is 4.42 Å². The van der Waals surface area contributed by atoms with Crippen LogP contribution in [0.3, 0.4) is 0 Å². The zero-order chi connectivity index (χ0) is 27.4. The third-order valence-corrected chi connectivity index (χ3v) is 6.10. The molecule has 38 heavy (non-hydrogen) atoms. The minimum absolute atomic E-state index is 0.0759. The highest BCUT2D eigenvalue weighted by molar-refractivity contribution is 9.10. The molecular weight excluding hydrogens is 563 g/mol. The number of phenolic OH excluding ortho intramolecular Hbond substituents is 1. The first-order chi connectivity index (χ1) is 18.1. The SMILES string of the molecule is CC(Nc1ccc(-c2ccoc2C(=O)NNC(=O)c2ccc(O)c([N+](=O)[O-])c2)cc1)c1ccc(Br)cc1F. The maximum absolute atomic E-state index is 14.3. The zero-order valence-corrected chi connectivity index (χ0v) is 21.3. The smallest absolute Gasteiger partial charge is 0.311 e. The first-order valence-electron chi connectivity index (χ1n) is 11.1. The minimum atomic E-state index is -0.833. The van der Waals surface area contributed by atoms with Gasteiger partial charge < -0.3 is 14.8 Å². The number of nitro groups is 1. The average Bonchev–Trinajstić information content (AvgIpc) is 3.37. The molecule has 10 nitrogen and oxygen atoms in total. The fraction of sp³-hybridized carbons (Fsp3) is 0.0769. The summed E-state index contributed by atoms with van der Waals surface area (Å²) in [6.45, 7) is 1.84. The van der Waals surface area contributed by atoms with Gasteiger partial charge in [0.2, 0.25) is 5.76 Å². The first-order valence-corrected chi connectivity index (χ1v) is 11.9. The fourth-order valence-corrected chi connectivity index (χ4v) is 4.03. The topological polar surface area (TPSA) is 147 Å². The van der Waals surface area contributed by atoms with Crippen LogP contribution in [0.25, 0.3) is 11.1 Å². The molecule has 3 aromatic carbocycles. The lowest BCUT2D eigenvalue weighted by molar-refractivity contribution is -0.385. The third kappa shape index (κ3) is 5.81. The second-order valence-corrected chi connectivity index (χ2v) is 9.06. The number of phenols is 1. The van der Waals surface area contributed by atoms with Crippen molar-refractivity contribution in [3.05, 3.63) is 110 Å². The molecule has 0 radical (unpaired) electrons. The van der Waals surface area contributed by atoms with Crippen LogP contribution in [0.5, 0.6) is 5.75 Å². The van der Waals surface area contributed by atoms with Gasteiger partial charge in [0.05, 0.1) is 17.2 Å². The Morgan fingerprint density at radius 2 is 1.74 bits per heavy atom.